The van der Waals surface area contributed by atoms with Crippen molar-refractivity contribution in [2.45, 2.75) is 18.4 Å². The van der Waals surface area contributed by atoms with Crippen molar-refractivity contribution in [3.8, 4) is 23.0 Å². The minimum absolute atomic E-state index is 0.0257. The molecule has 11 heteroatoms. The molecule has 3 aromatic rings. The molecule has 0 unspecified atom stereocenters. The number of methoxy groups -OCH3 is 4. The molecule has 1 amide bonds. The highest BCUT2D eigenvalue weighted by atomic mass is 32.2. The molecular formula is C27H31N3O7S. The second-order valence-corrected chi connectivity index (χ2v) is 10.0. The Bertz CT molecular complexity index is 1390. The summed E-state index contributed by atoms with van der Waals surface area (Å²) in [5, 5.41) is 4.00. The molecule has 0 aliphatic heterocycles. The molecule has 0 fully saturated rings. The third kappa shape index (κ3) is 6.61. The fourth-order valence-corrected chi connectivity index (χ4v) is 5.36. The van der Waals surface area contributed by atoms with E-state index in [1.165, 1.54) is 40.7 Å². The van der Waals surface area contributed by atoms with Gasteiger partial charge in [0.2, 0.25) is 15.8 Å². The van der Waals surface area contributed by atoms with Gasteiger partial charge in [-0.25, -0.2) is 13.8 Å². The number of benzene rings is 3. The van der Waals surface area contributed by atoms with Crippen LogP contribution in [0.25, 0.3) is 0 Å². The molecule has 0 aliphatic rings. The van der Waals surface area contributed by atoms with Gasteiger partial charge in [0.1, 0.15) is 10.6 Å². The molecule has 202 valence electrons. The van der Waals surface area contributed by atoms with Gasteiger partial charge in [0.15, 0.2) is 11.5 Å². The number of rotatable bonds is 12. The van der Waals surface area contributed by atoms with Gasteiger partial charge in [-0.1, -0.05) is 36.4 Å². The highest BCUT2D eigenvalue weighted by Crippen LogP contribution is 2.39. The predicted octanol–water partition coefficient (Wildman–Crippen LogP) is 3.37. The summed E-state index contributed by atoms with van der Waals surface area (Å²) in [4.78, 5) is 12.8. The molecular weight excluding hydrogens is 510 g/mol. The average molecular weight is 542 g/mol. The van der Waals surface area contributed by atoms with Gasteiger partial charge in [-0.05, 0) is 42.3 Å². The van der Waals surface area contributed by atoms with Crippen LogP contribution in [0, 0.1) is 6.92 Å². The number of nitrogens with one attached hydrogen (secondary N) is 1. The van der Waals surface area contributed by atoms with Gasteiger partial charge in [0.25, 0.3) is 5.91 Å². The normalized spacial score (nSPS) is 11.4. The second-order valence-electron chi connectivity index (χ2n) is 8.13. The first-order chi connectivity index (χ1) is 18.2. The molecule has 0 radical (unpaired) electrons. The number of hydrogen-bond acceptors (Lipinski definition) is 8. The van der Waals surface area contributed by atoms with Gasteiger partial charge in [0.05, 0.1) is 41.2 Å². The number of aryl methyl sites for hydroxylation is 1. The SMILES string of the molecule is COc1ccc(C)cc1S(=O)(=O)N(CC(=O)N/N=C/c1ccc(OC)c(OC)c1OC)Cc1ccccc1. The zero-order chi connectivity index (χ0) is 27.7. The number of amides is 1. The Morgan fingerprint density at radius 1 is 0.895 bits per heavy atom. The smallest absolute Gasteiger partial charge is 0.255 e. The molecule has 0 heterocycles. The average Bonchev–Trinajstić information content (AvgIpc) is 2.92. The van der Waals surface area contributed by atoms with Crippen molar-refractivity contribution in [1.82, 2.24) is 9.73 Å². The predicted molar refractivity (Wildman–Crippen MR) is 144 cm³/mol. The molecule has 3 aromatic carbocycles. The zero-order valence-electron chi connectivity index (χ0n) is 21.9. The molecule has 3 rings (SSSR count). The van der Waals surface area contributed by atoms with Gasteiger partial charge >= 0.3 is 0 Å². The van der Waals surface area contributed by atoms with Crippen molar-refractivity contribution >= 4 is 22.1 Å². The number of ether oxygens (including phenoxy) is 4. The number of hydrogen-bond donors (Lipinski definition) is 1. The molecule has 0 saturated heterocycles. The largest absolute Gasteiger partial charge is 0.495 e. The van der Waals surface area contributed by atoms with E-state index >= 15 is 0 Å². The first-order valence-corrected chi connectivity index (χ1v) is 13.0. The zero-order valence-corrected chi connectivity index (χ0v) is 22.7. The molecule has 0 saturated carbocycles. The Morgan fingerprint density at radius 2 is 1.55 bits per heavy atom. The van der Waals surface area contributed by atoms with Crippen LogP contribution in [0.5, 0.6) is 23.0 Å². The standard InChI is InChI=1S/C27H31N3O7S/c1-19-11-13-22(34-2)24(15-19)38(32,33)30(17-20-9-7-6-8-10-20)18-25(31)29-28-16-21-12-14-23(35-3)27(37-5)26(21)36-4/h6-16H,17-18H2,1-5H3,(H,29,31)/b28-16+. The Hall–Kier alpha value is -4.09. The van der Waals surface area contributed by atoms with E-state index < -0.39 is 22.5 Å². The quantitative estimate of drug-likeness (QED) is 0.276. The first kappa shape index (κ1) is 28.5. The minimum atomic E-state index is -4.12. The van der Waals surface area contributed by atoms with E-state index in [0.717, 1.165) is 9.87 Å². The van der Waals surface area contributed by atoms with Crippen LogP contribution in [0.15, 0.2) is 70.7 Å². The van der Waals surface area contributed by atoms with Gasteiger partial charge in [-0.15, -0.1) is 0 Å². The topological polar surface area (TPSA) is 116 Å². The van der Waals surface area contributed by atoms with Crippen LogP contribution >= 0.6 is 0 Å². The van der Waals surface area contributed by atoms with Gasteiger partial charge in [0, 0.05) is 12.1 Å². The summed E-state index contributed by atoms with van der Waals surface area (Å²) in [5.74, 6) is 0.764. The maximum absolute atomic E-state index is 13.7. The van der Waals surface area contributed by atoms with Crippen LogP contribution in [0.3, 0.4) is 0 Å². The molecule has 38 heavy (non-hydrogen) atoms. The second kappa shape index (κ2) is 12.9. The Balaban J connectivity index is 1.87. The molecule has 0 spiro atoms. The molecule has 10 nitrogen and oxygen atoms in total. The summed E-state index contributed by atoms with van der Waals surface area (Å²) in [7, 11) is 1.74. The Kier molecular flexibility index (Phi) is 9.69. The van der Waals surface area contributed by atoms with E-state index in [1.54, 1.807) is 55.5 Å². The van der Waals surface area contributed by atoms with E-state index in [-0.39, 0.29) is 17.2 Å². The van der Waals surface area contributed by atoms with Crippen molar-refractivity contribution in [1.29, 1.82) is 0 Å². The fourth-order valence-electron chi connectivity index (χ4n) is 3.73. The maximum Gasteiger partial charge on any atom is 0.255 e. The Morgan fingerprint density at radius 3 is 2.18 bits per heavy atom. The number of carbonyl (C=O) groups excluding carboxylic acids is 1. The van der Waals surface area contributed by atoms with Crippen molar-refractivity contribution < 1.29 is 32.2 Å². The van der Waals surface area contributed by atoms with Gasteiger partial charge in [-0.3, -0.25) is 4.79 Å². The van der Waals surface area contributed by atoms with Gasteiger partial charge in [-0.2, -0.15) is 9.41 Å². The van der Waals surface area contributed by atoms with E-state index in [1.807, 2.05) is 6.07 Å². The van der Waals surface area contributed by atoms with Crippen LogP contribution < -0.4 is 24.4 Å². The van der Waals surface area contributed by atoms with Crippen LogP contribution in [0.1, 0.15) is 16.7 Å². The van der Waals surface area contributed by atoms with Crippen molar-refractivity contribution in [3.63, 3.8) is 0 Å². The highest BCUT2D eigenvalue weighted by molar-refractivity contribution is 7.89. The van der Waals surface area contributed by atoms with Crippen LogP contribution in [0.4, 0.5) is 0 Å². The van der Waals surface area contributed by atoms with Crippen molar-refractivity contribution in [2.75, 3.05) is 35.0 Å². The van der Waals surface area contributed by atoms with Gasteiger partial charge < -0.3 is 18.9 Å². The Labute approximate surface area is 222 Å². The minimum Gasteiger partial charge on any atom is -0.495 e. The maximum atomic E-state index is 13.7. The first-order valence-electron chi connectivity index (χ1n) is 11.5. The summed E-state index contributed by atoms with van der Waals surface area (Å²) in [6.07, 6.45) is 1.37. The summed E-state index contributed by atoms with van der Waals surface area (Å²) >= 11 is 0. The molecule has 0 bridgehead atoms. The van der Waals surface area contributed by atoms with Crippen LogP contribution in [-0.2, 0) is 21.4 Å². The van der Waals surface area contributed by atoms with E-state index in [9.17, 15) is 13.2 Å². The molecule has 1 N–H and O–H groups in total. The lowest BCUT2D eigenvalue weighted by molar-refractivity contribution is -0.121. The third-order valence-corrected chi connectivity index (χ3v) is 7.40. The summed E-state index contributed by atoms with van der Waals surface area (Å²) in [5.41, 5.74) is 4.37. The summed E-state index contributed by atoms with van der Waals surface area (Å²) in [6, 6.07) is 17.2. The molecule has 0 aromatic heterocycles. The van der Waals surface area contributed by atoms with E-state index in [2.05, 4.69) is 10.5 Å². The van der Waals surface area contributed by atoms with E-state index in [4.69, 9.17) is 18.9 Å². The lowest BCUT2D eigenvalue weighted by atomic mass is 10.2. The lowest BCUT2D eigenvalue weighted by Gasteiger charge is -2.23. The number of hydrazone groups is 1. The fraction of sp³-hybridized carbons (Fsp3) is 0.259. The lowest BCUT2D eigenvalue weighted by Crippen LogP contribution is -2.39. The molecule has 0 atom stereocenters. The van der Waals surface area contributed by atoms with E-state index in [0.29, 0.717) is 28.4 Å². The number of sulfonamides is 1. The third-order valence-electron chi connectivity index (χ3n) is 5.59. The van der Waals surface area contributed by atoms with Crippen molar-refractivity contribution in [3.05, 3.63) is 77.4 Å². The summed E-state index contributed by atoms with van der Waals surface area (Å²) in [6.45, 7) is 1.28. The monoisotopic (exact) mass is 541 g/mol. The summed E-state index contributed by atoms with van der Waals surface area (Å²) < 4.78 is 49.8. The van der Waals surface area contributed by atoms with Crippen molar-refractivity contribution in [2.24, 2.45) is 5.10 Å². The number of nitrogens with zero attached hydrogens (tertiary/aromatic N) is 2. The highest BCUT2D eigenvalue weighted by Gasteiger charge is 2.30. The number of carbonyl (C=O) groups is 1. The van der Waals surface area contributed by atoms with Crippen LogP contribution in [-0.4, -0.2) is 59.8 Å². The molecule has 0 aliphatic carbocycles. The van der Waals surface area contributed by atoms with Crippen LogP contribution in [0.2, 0.25) is 0 Å².